The highest BCUT2D eigenvalue weighted by Gasteiger charge is 2.34. The lowest BCUT2D eigenvalue weighted by Gasteiger charge is -2.37. The Morgan fingerprint density at radius 1 is 1.07 bits per heavy atom. The molecule has 212 valence electrons. The molecule has 1 fully saturated rings. The van der Waals surface area contributed by atoms with Crippen molar-refractivity contribution in [3.8, 4) is 11.5 Å². The summed E-state index contributed by atoms with van der Waals surface area (Å²) in [6.07, 6.45) is 2.59. The summed E-state index contributed by atoms with van der Waals surface area (Å²) in [5.41, 5.74) is 2.92. The van der Waals surface area contributed by atoms with Crippen LogP contribution in [0.3, 0.4) is 0 Å². The van der Waals surface area contributed by atoms with E-state index in [0.717, 1.165) is 30.6 Å². The second-order valence-corrected chi connectivity index (χ2v) is 11.7. The molecule has 0 saturated carbocycles. The van der Waals surface area contributed by atoms with E-state index in [9.17, 15) is 9.59 Å². The third-order valence-electron chi connectivity index (χ3n) is 7.77. The van der Waals surface area contributed by atoms with Gasteiger partial charge < -0.3 is 24.0 Å². The lowest BCUT2D eigenvalue weighted by Crippen LogP contribution is -2.49. The monoisotopic (exact) mass is 562 g/mol. The van der Waals surface area contributed by atoms with Crippen LogP contribution in [0.5, 0.6) is 11.5 Å². The van der Waals surface area contributed by atoms with Crippen LogP contribution in [-0.4, -0.2) is 67.7 Å². The molecular formula is C32H38N2O5S. The maximum absolute atomic E-state index is 13.9. The van der Waals surface area contributed by atoms with Gasteiger partial charge in [-0.1, -0.05) is 26.0 Å². The van der Waals surface area contributed by atoms with Gasteiger partial charge in [-0.25, -0.2) is 0 Å². The molecule has 7 nitrogen and oxygen atoms in total. The van der Waals surface area contributed by atoms with Gasteiger partial charge >= 0.3 is 0 Å². The molecule has 3 aromatic rings. The van der Waals surface area contributed by atoms with Gasteiger partial charge in [-0.15, -0.1) is 11.3 Å². The van der Waals surface area contributed by atoms with Crippen LogP contribution in [0.2, 0.25) is 0 Å². The van der Waals surface area contributed by atoms with Crippen LogP contribution in [0, 0.1) is 0 Å². The lowest BCUT2D eigenvalue weighted by molar-refractivity contribution is -0.135. The molecule has 1 saturated heterocycles. The molecule has 0 N–H and O–H groups in total. The Bertz CT molecular complexity index is 1280. The van der Waals surface area contributed by atoms with Gasteiger partial charge in [0.15, 0.2) is 0 Å². The molecule has 0 unspecified atom stereocenters. The fraction of sp³-hybridized carbons (Fsp3) is 0.438. The molecule has 0 bridgehead atoms. The quantitative estimate of drug-likeness (QED) is 0.317. The Balaban J connectivity index is 1.33. The highest BCUT2D eigenvalue weighted by Crippen LogP contribution is 2.34. The van der Waals surface area contributed by atoms with Gasteiger partial charge in [0, 0.05) is 30.1 Å². The summed E-state index contributed by atoms with van der Waals surface area (Å²) in [6.45, 7) is 6.35. The standard InChI is InChI=1S/C32H38N2O5S/c1-22(2)23-6-12-26(13-7-23)39-21-29-28-15-18-40-30(28)14-16-34(29)31(35)20-33(19-27-5-4-17-38-27)32(36)24-8-10-25(37-3)11-9-24/h6-13,15,18,22,27,29H,4-5,14,16-17,19-21H2,1-3H3/t27-,29+/m1/s1. The third-order valence-corrected chi connectivity index (χ3v) is 8.76. The van der Waals surface area contributed by atoms with Crippen molar-refractivity contribution in [1.29, 1.82) is 0 Å². The number of thiophene rings is 1. The molecule has 3 heterocycles. The van der Waals surface area contributed by atoms with E-state index < -0.39 is 0 Å². The summed E-state index contributed by atoms with van der Waals surface area (Å²) in [4.78, 5) is 32.3. The number of carbonyl (C=O) groups is 2. The van der Waals surface area contributed by atoms with Gasteiger partial charge in [-0.05, 0) is 84.2 Å². The van der Waals surface area contributed by atoms with Crippen molar-refractivity contribution in [2.24, 2.45) is 0 Å². The number of rotatable bonds is 10. The zero-order chi connectivity index (χ0) is 28.1. The summed E-state index contributed by atoms with van der Waals surface area (Å²) in [5, 5.41) is 2.08. The fourth-order valence-corrected chi connectivity index (χ4v) is 6.35. The Morgan fingerprint density at radius 3 is 2.50 bits per heavy atom. The number of methoxy groups -OCH3 is 1. The number of amides is 2. The number of fused-ring (bicyclic) bond motifs is 1. The van der Waals surface area contributed by atoms with E-state index in [4.69, 9.17) is 14.2 Å². The predicted molar refractivity (Wildman–Crippen MR) is 156 cm³/mol. The van der Waals surface area contributed by atoms with Crippen LogP contribution < -0.4 is 9.47 Å². The van der Waals surface area contributed by atoms with Crippen molar-refractivity contribution in [1.82, 2.24) is 9.80 Å². The lowest BCUT2D eigenvalue weighted by atomic mass is 10.00. The summed E-state index contributed by atoms with van der Waals surface area (Å²) in [5.74, 6) is 1.65. The van der Waals surface area contributed by atoms with Crippen molar-refractivity contribution in [2.45, 2.75) is 51.2 Å². The topological polar surface area (TPSA) is 68.3 Å². The van der Waals surface area contributed by atoms with Crippen LogP contribution in [0.15, 0.2) is 60.0 Å². The van der Waals surface area contributed by atoms with Gasteiger partial charge in [0.05, 0.1) is 19.3 Å². The van der Waals surface area contributed by atoms with E-state index in [0.29, 0.717) is 43.5 Å². The zero-order valence-corrected chi connectivity index (χ0v) is 24.3. The maximum atomic E-state index is 13.9. The molecule has 2 aromatic carbocycles. The van der Waals surface area contributed by atoms with Gasteiger partial charge in [0.1, 0.15) is 24.7 Å². The first-order valence-electron chi connectivity index (χ1n) is 14.1. The SMILES string of the molecule is COc1ccc(C(=O)N(CC(=O)N2CCc3sccc3[C@@H]2COc2ccc(C(C)C)cc2)C[C@H]2CCCO2)cc1. The minimum Gasteiger partial charge on any atom is -0.497 e. The molecule has 2 amide bonds. The van der Waals surface area contributed by atoms with Gasteiger partial charge in [0.2, 0.25) is 5.91 Å². The Kier molecular flexibility index (Phi) is 9.07. The number of hydrogen-bond donors (Lipinski definition) is 0. The second kappa shape index (κ2) is 12.9. The number of hydrogen-bond acceptors (Lipinski definition) is 6. The Labute approximate surface area is 240 Å². The number of carbonyl (C=O) groups excluding carboxylic acids is 2. The van der Waals surface area contributed by atoms with E-state index in [2.05, 4.69) is 37.4 Å². The predicted octanol–water partition coefficient (Wildman–Crippen LogP) is 5.71. The van der Waals surface area contributed by atoms with E-state index in [-0.39, 0.29) is 30.5 Å². The molecule has 0 spiro atoms. The molecule has 40 heavy (non-hydrogen) atoms. The largest absolute Gasteiger partial charge is 0.497 e. The van der Waals surface area contributed by atoms with Crippen molar-refractivity contribution in [2.75, 3.05) is 40.0 Å². The highest BCUT2D eigenvalue weighted by atomic mass is 32.1. The first kappa shape index (κ1) is 28.2. The van der Waals surface area contributed by atoms with E-state index in [1.807, 2.05) is 17.0 Å². The van der Waals surface area contributed by atoms with Crippen molar-refractivity contribution in [3.05, 3.63) is 81.5 Å². The minimum absolute atomic E-state index is 0.0101. The van der Waals surface area contributed by atoms with Gasteiger partial charge in [-0.2, -0.15) is 0 Å². The van der Waals surface area contributed by atoms with Crippen LogP contribution in [-0.2, 0) is 16.0 Å². The molecule has 0 radical (unpaired) electrons. The molecule has 5 rings (SSSR count). The summed E-state index contributed by atoms with van der Waals surface area (Å²) < 4.78 is 17.3. The number of ether oxygens (including phenoxy) is 3. The highest BCUT2D eigenvalue weighted by molar-refractivity contribution is 7.10. The first-order valence-corrected chi connectivity index (χ1v) is 14.9. The molecule has 1 aromatic heterocycles. The van der Waals surface area contributed by atoms with Crippen molar-refractivity contribution in [3.63, 3.8) is 0 Å². The van der Waals surface area contributed by atoms with Gasteiger partial charge in [0.25, 0.3) is 5.91 Å². The smallest absolute Gasteiger partial charge is 0.254 e. The normalized spacial score (nSPS) is 18.4. The van der Waals surface area contributed by atoms with Gasteiger partial charge in [-0.3, -0.25) is 9.59 Å². The fourth-order valence-electron chi connectivity index (χ4n) is 5.42. The number of benzene rings is 2. The molecular weight excluding hydrogens is 524 g/mol. The Morgan fingerprint density at radius 2 is 1.82 bits per heavy atom. The summed E-state index contributed by atoms with van der Waals surface area (Å²) in [7, 11) is 1.59. The van der Waals surface area contributed by atoms with Crippen LogP contribution in [0.25, 0.3) is 0 Å². The average Bonchev–Trinajstić information content (AvgIpc) is 3.68. The molecule has 2 aliphatic rings. The van der Waals surface area contributed by atoms with E-state index >= 15 is 0 Å². The van der Waals surface area contributed by atoms with Crippen LogP contribution in [0.4, 0.5) is 0 Å². The second-order valence-electron chi connectivity index (χ2n) is 10.7. The number of nitrogens with zero attached hydrogens (tertiary/aromatic N) is 2. The van der Waals surface area contributed by atoms with Crippen LogP contribution >= 0.6 is 11.3 Å². The Hall–Kier alpha value is -3.36. The van der Waals surface area contributed by atoms with E-state index in [1.54, 1.807) is 47.6 Å². The maximum Gasteiger partial charge on any atom is 0.254 e. The first-order chi connectivity index (χ1) is 19.4. The third kappa shape index (κ3) is 6.50. The molecule has 8 heteroatoms. The van der Waals surface area contributed by atoms with E-state index in [1.165, 1.54) is 10.4 Å². The zero-order valence-electron chi connectivity index (χ0n) is 23.5. The summed E-state index contributed by atoms with van der Waals surface area (Å²) >= 11 is 1.73. The summed E-state index contributed by atoms with van der Waals surface area (Å²) in [6, 6.07) is 17.1. The molecule has 2 aliphatic heterocycles. The van der Waals surface area contributed by atoms with Crippen molar-refractivity contribution < 1.29 is 23.8 Å². The molecule has 0 aliphatic carbocycles. The molecule has 2 atom stereocenters. The minimum atomic E-state index is -0.215. The average molecular weight is 563 g/mol. The van der Waals surface area contributed by atoms with Crippen LogP contribution in [0.1, 0.15) is 65.0 Å². The van der Waals surface area contributed by atoms with Crippen molar-refractivity contribution >= 4 is 23.2 Å².